The molecule has 4 nitrogen and oxygen atoms in total. The molecular formula is C19H19N4+. The molecule has 23 heavy (non-hydrogen) atoms. The number of nitrogens with one attached hydrogen (secondary N) is 1. The number of benzene rings is 2. The first-order chi connectivity index (χ1) is 11.2. The Morgan fingerprint density at radius 1 is 0.783 bits per heavy atom. The molecular weight excluding hydrogens is 284 g/mol. The van der Waals surface area contributed by atoms with Gasteiger partial charge in [-0.2, -0.15) is 0 Å². The standard InChI is InChI=1S/C19H18N4/c1-15-7-6-14-23(2)19(15)22-21-18-12-10-17(11-13-18)20-16-8-4-3-5-9-16/h3-14H,1-2H3/p+1. The van der Waals surface area contributed by atoms with Crippen LogP contribution in [0.3, 0.4) is 0 Å². The molecule has 1 N–H and O–H groups in total. The summed E-state index contributed by atoms with van der Waals surface area (Å²) in [6, 6.07) is 22.0. The lowest BCUT2D eigenvalue weighted by Crippen LogP contribution is -2.27. The number of hydrogen-bond acceptors (Lipinski definition) is 3. The van der Waals surface area contributed by atoms with E-state index in [9.17, 15) is 0 Å². The normalized spacial score (nSPS) is 10.9. The van der Waals surface area contributed by atoms with E-state index in [1.165, 1.54) is 0 Å². The fourth-order valence-electron chi connectivity index (χ4n) is 2.29. The highest BCUT2D eigenvalue weighted by molar-refractivity contribution is 5.61. The Morgan fingerprint density at radius 3 is 2.17 bits per heavy atom. The molecule has 0 fully saturated rings. The molecule has 0 saturated carbocycles. The van der Waals surface area contributed by atoms with Crippen molar-refractivity contribution in [2.75, 3.05) is 5.32 Å². The summed E-state index contributed by atoms with van der Waals surface area (Å²) in [4.78, 5) is 0. The monoisotopic (exact) mass is 303 g/mol. The molecule has 0 spiro atoms. The second-order valence-corrected chi connectivity index (χ2v) is 5.36. The Hall–Kier alpha value is -3.01. The van der Waals surface area contributed by atoms with Gasteiger partial charge < -0.3 is 5.32 Å². The topological polar surface area (TPSA) is 40.6 Å². The summed E-state index contributed by atoms with van der Waals surface area (Å²) in [5, 5.41) is 12.0. The smallest absolute Gasteiger partial charge is 0.353 e. The summed E-state index contributed by atoms with van der Waals surface area (Å²) in [5.74, 6) is 0.860. The SMILES string of the molecule is Cc1ccc[n+](C)c1/N=N/c1ccc(Nc2ccccc2)cc1. The number of anilines is 2. The quantitative estimate of drug-likeness (QED) is 0.536. The molecule has 3 aromatic rings. The number of para-hydroxylation sites is 1. The molecule has 1 heterocycles. The molecule has 0 unspecified atom stereocenters. The van der Waals surface area contributed by atoms with Crippen LogP contribution in [0.2, 0.25) is 0 Å². The van der Waals surface area contributed by atoms with E-state index >= 15 is 0 Å². The highest BCUT2D eigenvalue weighted by atomic mass is 15.2. The van der Waals surface area contributed by atoms with E-state index in [0.29, 0.717) is 0 Å². The van der Waals surface area contributed by atoms with E-state index in [1.54, 1.807) is 0 Å². The van der Waals surface area contributed by atoms with Crippen LogP contribution in [-0.4, -0.2) is 0 Å². The van der Waals surface area contributed by atoms with Gasteiger partial charge in [-0.25, -0.2) is 4.57 Å². The van der Waals surface area contributed by atoms with Crippen LogP contribution in [-0.2, 0) is 7.05 Å². The van der Waals surface area contributed by atoms with E-state index < -0.39 is 0 Å². The van der Waals surface area contributed by atoms with Crippen molar-refractivity contribution in [2.24, 2.45) is 17.3 Å². The third-order valence-corrected chi connectivity index (χ3v) is 3.53. The zero-order valence-electron chi connectivity index (χ0n) is 13.3. The molecule has 4 heteroatoms. The van der Waals surface area contributed by atoms with Gasteiger partial charge in [0, 0.05) is 16.9 Å². The zero-order chi connectivity index (χ0) is 16.1. The van der Waals surface area contributed by atoms with E-state index in [1.807, 2.05) is 91.5 Å². The van der Waals surface area contributed by atoms with Crippen LogP contribution in [0, 0.1) is 6.92 Å². The van der Waals surface area contributed by atoms with Crippen LogP contribution >= 0.6 is 0 Å². The van der Waals surface area contributed by atoms with Gasteiger partial charge in [0.1, 0.15) is 5.69 Å². The van der Waals surface area contributed by atoms with Gasteiger partial charge in [0.05, 0.1) is 18.4 Å². The second-order valence-electron chi connectivity index (χ2n) is 5.36. The van der Waals surface area contributed by atoms with Crippen LogP contribution in [0.25, 0.3) is 0 Å². The predicted octanol–water partition coefficient (Wildman–Crippen LogP) is 4.98. The van der Waals surface area contributed by atoms with Crippen LogP contribution in [0.15, 0.2) is 83.2 Å². The van der Waals surface area contributed by atoms with Crippen LogP contribution < -0.4 is 9.88 Å². The van der Waals surface area contributed by atoms with E-state index in [4.69, 9.17) is 0 Å². The number of hydrogen-bond donors (Lipinski definition) is 1. The molecule has 0 amide bonds. The molecule has 0 atom stereocenters. The number of azo groups is 1. The Labute approximate surface area is 136 Å². The molecule has 1 aromatic heterocycles. The number of pyridine rings is 1. The first-order valence-electron chi connectivity index (χ1n) is 7.51. The van der Waals surface area contributed by atoms with Gasteiger partial charge in [0.25, 0.3) is 0 Å². The van der Waals surface area contributed by atoms with Crippen molar-refractivity contribution in [3.8, 4) is 0 Å². The van der Waals surface area contributed by atoms with E-state index in [-0.39, 0.29) is 0 Å². The Balaban J connectivity index is 1.74. The molecule has 114 valence electrons. The lowest BCUT2D eigenvalue weighted by atomic mass is 10.2. The fraction of sp³-hybridized carbons (Fsp3) is 0.105. The van der Waals surface area contributed by atoms with Crippen molar-refractivity contribution in [3.05, 3.63) is 78.5 Å². The predicted molar refractivity (Wildman–Crippen MR) is 92.7 cm³/mol. The summed E-state index contributed by atoms with van der Waals surface area (Å²) in [6.45, 7) is 2.03. The maximum atomic E-state index is 4.36. The molecule has 0 aliphatic rings. The number of nitrogens with zero attached hydrogens (tertiary/aromatic N) is 3. The minimum atomic E-state index is 0.826. The van der Waals surface area contributed by atoms with Crippen molar-refractivity contribution >= 4 is 22.9 Å². The molecule has 2 aromatic carbocycles. The van der Waals surface area contributed by atoms with E-state index in [2.05, 4.69) is 15.5 Å². The third kappa shape index (κ3) is 3.80. The summed E-state index contributed by atoms with van der Waals surface area (Å²) in [6.07, 6.45) is 1.97. The Morgan fingerprint density at radius 2 is 1.48 bits per heavy atom. The first kappa shape index (κ1) is 14.9. The number of aryl methyl sites for hydroxylation is 2. The molecule has 0 aliphatic heterocycles. The van der Waals surface area contributed by atoms with Crippen LogP contribution in [0.1, 0.15) is 5.56 Å². The van der Waals surface area contributed by atoms with Gasteiger partial charge in [-0.1, -0.05) is 18.2 Å². The summed E-state index contributed by atoms with van der Waals surface area (Å²) in [5.41, 5.74) is 4.01. The van der Waals surface area contributed by atoms with Gasteiger partial charge in [-0.05, 0) is 60.6 Å². The number of rotatable bonds is 4. The van der Waals surface area contributed by atoms with Gasteiger partial charge in [-0.3, -0.25) is 0 Å². The lowest BCUT2D eigenvalue weighted by molar-refractivity contribution is -0.658. The zero-order valence-corrected chi connectivity index (χ0v) is 13.3. The van der Waals surface area contributed by atoms with Crippen molar-refractivity contribution < 1.29 is 4.57 Å². The van der Waals surface area contributed by atoms with Crippen LogP contribution in [0.4, 0.5) is 22.9 Å². The largest absolute Gasteiger partial charge is 0.356 e. The highest BCUT2D eigenvalue weighted by Crippen LogP contribution is 2.22. The van der Waals surface area contributed by atoms with Crippen molar-refractivity contribution in [1.29, 1.82) is 0 Å². The average molecular weight is 303 g/mol. The van der Waals surface area contributed by atoms with Gasteiger partial charge in [0.2, 0.25) is 0 Å². The summed E-state index contributed by atoms with van der Waals surface area (Å²) < 4.78 is 1.96. The maximum absolute atomic E-state index is 4.36. The van der Waals surface area contributed by atoms with Crippen LogP contribution in [0.5, 0.6) is 0 Å². The minimum absolute atomic E-state index is 0.826. The van der Waals surface area contributed by atoms with E-state index in [0.717, 1.165) is 28.4 Å². The van der Waals surface area contributed by atoms with Crippen molar-refractivity contribution in [1.82, 2.24) is 0 Å². The molecule has 3 rings (SSSR count). The van der Waals surface area contributed by atoms with Gasteiger partial charge in [-0.15, -0.1) is 0 Å². The molecule has 0 radical (unpaired) electrons. The Kier molecular flexibility index (Phi) is 4.43. The number of aromatic nitrogens is 1. The van der Waals surface area contributed by atoms with Crippen molar-refractivity contribution in [2.45, 2.75) is 6.92 Å². The molecule has 0 saturated heterocycles. The fourth-order valence-corrected chi connectivity index (χ4v) is 2.29. The highest BCUT2D eigenvalue weighted by Gasteiger charge is 2.09. The lowest BCUT2D eigenvalue weighted by Gasteiger charge is -2.05. The summed E-state index contributed by atoms with van der Waals surface area (Å²) in [7, 11) is 1.97. The van der Waals surface area contributed by atoms with Gasteiger partial charge >= 0.3 is 5.82 Å². The molecule has 0 aliphatic carbocycles. The maximum Gasteiger partial charge on any atom is 0.353 e. The van der Waals surface area contributed by atoms with Gasteiger partial charge in [0.15, 0.2) is 0 Å². The average Bonchev–Trinajstić information content (AvgIpc) is 2.57. The third-order valence-electron chi connectivity index (χ3n) is 3.53. The van der Waals surface area contributed by atoms with Crippen molar-refractivity contribution in [3.63, 3.8) is 0 Å². The molecule has 0 bridgehead atoms. The Bertz CT molecular complexity index is 788. The first-order valence-corrected chi connectivity index (χ1v) is 7.51. The second kappa shape index (κ2) is 6.83. The minimum Gasteiger partial charge on any atom is -0.356 e. The summed E-state index contributed by atoms with van der Waals surface area (Å²) >= 11 is 0.